The lowest BCUT2D eigenvalue weighted by molar-refractivity contribution is -0.145. The number of fused-ring (bicyclic) bond motifs is 1. The Morgan fingerprint density at radius 3 is 2.63 bits per heavy atom. The maximum absolute atomic E-state index is 12.3. The largest absolute Gasteiger partial charge is 0.478 e. The summed E-state index contributed by atoms with van der Waals surface area (Å²) in [6.45, 7) is 3.12. The van der Waals surface area contributed by atoms with E-state index in [0.717, 1.165) is 0 Å². The van der Waals surface area contributed by atoms with Crippen LogP contribution in [0.5, 0.6) is 5.75 Å². The number of rotatable bonds is 2. The van der Waals surface area contributed by atoms with Crippen molar-refractivity contribution in [2.75, 3.05) is 11.4 Å². The van der Waals surface area contributed by atoms with Gasteiger partial charge in [0.1, 0.15) is 5.75 Å². The van der Waals surface area contributed by atoms with E-state index in [-0.39, 0.29) is 12.5 Å². The molecule has 0 saturated carbocycles. The van der Waals surface area contributed by atoms with E-state index in [1.807, 2.05) is 0 Å². The molecule has 1 atom stereocenters. The standard InChI is InChI=1S/C13H16N2O4/c1-13(2,14)12(18)15-7-10(11(16)17)19-9-6-4-3-5-8(9)15/h3-6,10H,7,14H2,1-2H3,(H,16,17). The number of hydrogen-bond donors (Lipinski definition) is 2. The second-order valence-corrected chi connectivity index (χ2v) is 5.05. The summed E-state index contributed by atoms with van der Waals surface area (Å²) in [7, 11) is 0. The highest BCUT2D eigenvalue weighted by Crippen LogP contribution is 2.34. The molecule has 1 unspecified atom stereocenters. The number of nitrogens with two attached hydrogens (primary N) is 1. The van der Waals surface area contributed by atoms with Crippen molar-refractivity contribution in [1.29, 1.82) is 0 Å². The smallest absolute Gasteiger partial charge is 0.346 e. The Bertz CT molecular complexity index is 522. The molecule has 6 heteroatoms. The molecular formula is C13H16N2O4. The third-order valence-electron chi connectivity index (χ3n) is 2.85. The molecule has 1 aliphatic rings. The minimum absolute atomic E-state index is 0.0498. The van der Waals surface area contributed by atoms with Gasteiger partial charge in [-0.3, -0.25) is 4.79 Å². The number of amides is 1. The van der Waals surface area contributed by atoms with Gasteiger partial charge in [-0.2, -0.15) is 0 Å². The van der Waals surface area contributed by atoms with Crippen molar-refractivity contribution < 1.29 is 19.4 Å². The zero-order valence-electron chi connectivity index (χ0n) is 10.8. The molecule has 3 N–H and O–H groups in total. The number of benzene rings is 1. The zero-order valence-corrected chi connectivity index (χ0v) is 10.8. The first-order chi connectivity index (χ1) is 8.80. The number of ether oxygens (including phenoxy) is 1. The predicted octanol–water partition coefficient (Wildman–Crippen LogP) is 0.603. The molecule has 0 aromatic heterocycles. The van der Waals surface area contributed by atoms with E-state index in [4.69, 9.17) is 15.6 Å². The van der Waals surface area contributed by atoms with Crippen LogP contribution in [0.4, 0.5) is 5.69 Å². The van der Waals surface area contributed by atoms with Crippen LogP contribution in [0, 0.1) is 0 Å². The molecule has 0 bridgehead atoms. The summed E-state index contributed by atoms with van der Waals surface area (Å²) < 4.78 is 5.35. The van der Waals surface area contributed by atoms with Crippen LogP contribution < -0.4 is 15.4 Å². The maximum atomic E-state index is 12.3. The highest BCUT2D eigenvalue weighted by Gasteiger charge is 2.37. The summed E-state index contributed by atoms with van der Waals surface area (Å²) in [5.74, 6) is -1.07. The number of hydrogen-bond acceptors (Lipinski definition) is 4. The summed E-state index contributed by atoms with van der Waals surface area (Å²) in [5.41, 5.74) is 5.28. The summed E-state index contributed by atoms with van der Waals surface area (Å²) in [5, 5.41) is 9.07. The monoisotopic (exact) mass is 264 g/mol. The molecule has 6 nitrogen and oxygen atoms in total. The lowest BCUT2D eigenvalue weighted by Gasteiger charge is -2.36. The van der Waals surface area contributed by atoms with E-state index in [1.54, 1.807) is 38.1 Å². The van der Waals surface area contributed by atoms with E-state index in [9.17, 15) is 9.59 Å². The third-order valence-corrected chi connectivity index (χ3v) is 2.85. The van der Waals surface area contributed by atoms with Crippen LogP contribution in [-0.2, 0) is 9.59 Å². The summed E-state index contributed by atoms with van der Waals surface area (Å²) in [4.78, 5) is 24.8. The minimum atomic E-state index is -1.11. The van der Waals surface area contributed by atoms with Gasteiger partial charge < -0.3 is 20.5 Å². The van der Waals surface area contributed by atoms with Gasteiger partial charge in [0.05, 0.1) is 17.8 Å². The van der Waals surface area contributed by atoms with E-state index >= 15 is 0 Å². The van der Waals surface area contributed by atoms with Crippen molar-refractivity contribution >= 4 is 17.6 Å². The van der Waals surface area contributed by atoms with Crippen LogP contribution in [0.3, 0.4) is 0 Å². The van der Waals surface area contributed by atoms with Gasteiger partial charge in [0, 0.05) is 0 Å². The molecule has 102 valence electrons. The van der Waals surface area contributed by atoms with Crippen molar-refractivity contribution in [2.24, 2.45) is 5.73 Å². The number of carbonyl (C=O) groups is 2. The molecule has 1 heterocycles. The Labute approximate surface area is 110 Å². The molecule has 2 rings (SSSR count). The van der Waals surface area contributed by atoms with Gasteiger partial charge in [-0.05, 0) is 26.0 Å². The van der Waals surface area contributed by atoms with Crippen molar-refractivity contribution in [3.8, 4) is 5.75 Å². The molecule has 19 heavy (non-hydrogen) atoms. The van der Waals surface area contributed by atoms with Crippen molar-refractivity contribution in [3.63, 3.8) is 0 Å². The Hall–Kier alpha value is -2.08. The minimum Gasteiger partial charge on any atom is -0.478 e. The molecule has 0 fully saturated rings. The molecule has 0 aliphatic carbocycles. The summed E-state index contributed by atoms with van der Waals surface area (Å²) >= 11 is 0. The van der Waals surface area contributed by atoms with Gasteiger partial charge in [-0.15, -0.1) is 0 Å². The maximum Gasteiger partial charge on any atom is 0.346 e. The number of para-hydroxylation sites is 2. The van der Waals surface area contributed by atoms with Crippen LogP contribution in [0.1, 0.15) is 13.8 Å². The SMILES string of the molecule is CC(C)(N)C(=O)N1CC(C(=O)O)Oc2ccccc21. The predicted molar refractivity (Wildman–Crippen MR) is 69.1 cm³/mol. The highest BCUT2D eigenvalue weighted by molar-refractivity contribution is 6.01. The fourth-order valence-corrected chi connectivity index (χ4v) is 1.90. The zero-order chi connectivity index (χ0) is 14.2. The van der Waals surface area contributed by atoms with Crippen molar-refractivity contribution in [1.82, 2.24) is 0 Å². The molecule has 1 aromatic rings. The summed E-state index contributed by atoms with van der Waals surface area (Å²) in [6.07, 6.45) is -1.08. The Balaban J connectivity index is 2.42. The lowest BCUT2D eigenvalue weighted by Crippen LogP contribution is -2.56. The van der Waals surface area contributed by atoms with Crippen LogP contribution in [-0.4, -0.2) is 35.2 Å². The molecule has 0 saturated heterocycles. The molecule has 1 aromatic carbocycles. The fraction of sp³-hybridized carbons (Fsp3) is 0.385. The first kappa shape index (κ1) is 13.4. The first-order valence-electron chi connectivity index (χ1n) is 5.90. The van der Waals surface area contributed by atoms with Gasteiger partial charge in [-0.1, -0.05) is 12.1 Å². The Kier molecular flexibility index (Phi) is 3.20. The fourth-order valence-electron chi connectivity index (χ4n) is 1.90. The van der Waals surface area contributed by atoms with Gasteiger partial charge >= 0.3 is 5.97 Å². The highest BCUT2D eigenvalue weighted by atomic mass is 16.5. The molecule has 1 aliphatic heterocycles. The number of nitrogens with zero attached hydrogens (tertiary/aromatic N) is 1. The topological polar surface area (TPSA) is 92.9 Å². The van der Waals surface area contributed by atoms with Gasteiger partial charge in [0.25, 0.3) is 0 Å². The van der Waals surface area contributed by atoms with Crippen molar-refractivity contribution in [3.05, 3.63) is 24.3 Å². The normalized spacial score (nSPS) is 18.5. The van der Waals surface area contributed by atoms with E-state index in [0.29, 0.717) is 11.4 Å². The average Bonchev–Trinajstić information content (AvgIpc) is 2.35. The Morgan fingerprint density at radius 2 is 2.05 bits per heavy atom. The number of carboxylic acid groups (broad SMARTS) is 1. The van der Waals surface area contributed by atoms with Gasteiger partial charge in [0.2, 0.25) is 12.0 Å². The van der Waals surface area contributed by atoms with Crippen molar-refractivity contribution in [2.45, 2.75) is 25.5 Å². The van der Waals surface area contributed by atoms with Crippen LogP contribution in [0.15, 0.2) is 24.3 Å². The van der Waals surface area contributed by atoms with E-state index in [1.165, 1.54) is 4.90 Å². The quantitative estimate of drug-likeness (QED) is 0.816. The van der Waals surface area contributed by atoms with Crippen LogP contribution >= 0.6 is 0 Å². The average molecular weight is 264 g/mol. The number of carboxylic acids is 1. The number of carbonyl (C=O) groups excluding carboxylic acids is 1. The molecule has 0 radical (unpaired) electrons. The number of anilines is 1. The van der Waals surface area contributed by atoms with E-state index < -0.39 is 17.6 Å². The van der Waals surface area contributed by atoms with Gasteiger partial charge in [0.15, 0.2) is 0 Å². The number of aliphatic carboxylic acids is 1. The summed E-state index contributed by atoms with van der Waals surface area (Å²) in [6, 6.07) is 6.82. The molecule has 1 amide bonds. The van der Waals surface area contributed by atoms with Crippen LogP contribution in [0.2, 0.25) is 0 Å². The second-order valence-electron chi connectivity index (χ2n) is 5.05. The lowest BCUT2D eigenvalue weighted by atomic mass is 10.0. The third kappa shape index (κ3) is 2.53. The van der Waals surface area contributed by atoms with Gasteiger partial charge in [-0.25, -0.2) is 4.79 Å². The first-order valence-corrected chi connectivity index (χ1v) is 5.90. The van der Waals surface area contributed by atoms with Crippen LogP contribution in [0.25, 0.3) is 0 Å². The molecule has 0 spiro atoms. The Morgan fingerprint density at radius 1 is 1.42 bits per heavy atom. The van der Waals surface area contributed by atoms with E-state index in [2.05, 4.69) is 0 Å². The second kappa shape index (κ2) is 4.55. The molecular weight excluding hydrogens is 248 g/mol.